The fourth-order valence-corrected chi connectivity index (χ4v) is 5.12. The van der Waals surface area contributed by atoms with Crippen LogP contribution in [0.25, 0.3) is 16.7 Å². The lowest BCUT2D eigenvalue weighted by atomic mass is 10.2. The number of aryl methyl sites for hydroxylation is 1. The molecule has 1 atom stereocenters. The highest BCUT2D eigenvalue weighted by molar-refractivity contribution is 8.00. The summed E-state index contributed by atoms with van der Waals surface area (Å²) in [5, 5.41) is 17.7. The van der Waals surface area contributed by atoms with E-state index in [1.165, 1.54) is 11.8 Å². The summed E-state index contributed by atoms with van der Waals surface area (Å²) in [4.78, 5) is 19.8. The molecule has 1 amide bonds. The number of H-pyrrole nitrogens is 1. The van der Waals surface area contributed by atoms with Gasteiger partial charge in [0.1, 0.15) is 5.49 Å². The molecule has 1 aliphatic rings. The van der Waals surface area contributed by atoms with Crippen LogP contribution in [0.3, 0.4) is 0 Å². The molecule has 7 nitrogen and oxygen atoms in total. The molecule has 3 aromatic rings. The fourth-order valence-electron chi connectivity index (χ4n) is 3.85. The Morgan fingerprint density at radius 3 is 2.77 bits per heavy atom. The zero-order valence-corrected chi connectivity index (χ0v) is 18.9. The van der Waals surface area contributed by atoms with Crippen LogP contribution in [0.15, 0.2) is 23.4 Å². The van der Waals surface area contributed by atoms with E-state index in [-0.39, 0.29) is 16.6 Å². The molecule has 2 N–H and O–H groups in total. The molecule has 158 valence electrons. The number of hydrogen-bond acceptors (Lipinski definition) is 5. The average molecular weight is 445 g/mol. The third kappa shape index (κ3) is 3.63. The Morgan fingerprint density at radius 1 is 1.33 bits per heavy atom. The van der Waals surface area contributed by atoms with Gasteiger partial charge in [0.05, 0.1) is 16.3 Å². The summed E-state index contributed by atoms with van der Waals surface area (Å²) in [5.41, 5.74) is 3.20. The topological polar surface area (TPSA) is 90.7 Å². The van der Waals surface area contributed by atoms with Gasteiger partial charge in [0.25, 0.3) is 0 Å². The molecule has 2 aromatic heterocycles. The van der Waals surface area contributed by atoms with Crippen molar-refractivity contribution >= 4 is 40.3 Å². The second-order valence-electron chi connectivity index (χ2n) is 7.56. The maximum Gasteiger partial charge on any atom is 0.236 e. The Kier molecular flexibility index (Phi) is 5.88. The minimum atomic E-state index is -0.266. The molecule has 1 fully saturated rings. The molecule has 1 aliphatic heterocycles. The molecule has 4 rings (SSSR count). The largest absolute Gasteiger partial charge is 0.342 e. The van der Waals surface area contributed by atoms with Crippen LogP contribution in [0.4, 0.5) is 0 Å². The van der Waals surface area contributed by atoms with Crippen molar-refractivity contribution in [3.05, 3.63) is 40.0 Å². The SMILES string of the molecule is CC[C@@H](Sc1nc2n[nH]c(C)c2c(=N)n1-c1cccc(Cl)c1C)C(=O)N1CCCC1. The van der Waals surface area contributed by atoms with Crippen molar-refractivity contribution in [2.75, 3.05) is 13.1 Å². The number of hydrogen-bond donors (Lipinski definition) is 2. The van der Waals surface area contributed by atoms with E-state index in [0.717, 1.165) is 42.9 Å². The molecule has 0 spiro atoms. The van der Waals surface area contributed by atoms with Crippen molar-refractivity contribution in [2.24, 2.45) is 0 Å². The van der Waals surface area contributed by atoms with E-state index >= 15 is 0 Å². The van der Waals surface area contributed by atoms with Gasteiger partial charge in [-0.25, -0.2) is 4.98 Å². The zero-order valence-electron chi connectivity index (χ0n) is 17.3. The molecule has 1 saturated heterocycles. The number of amides is 1. The van der Waals surface area contributed by atoms with Gasteiger partial charge >= 0.3 is 0 Å². The van der Waals surface area contributed by atoms with Gasteiger partial charge in [0.2, 0.25) is 5.91 Å². The van der Waals surface area contributed by atoms with Gasteiger partial charge in [-0.05, 0) is 50.8 Å². The monoisotopic (exact) mass is 444 g/mol. The van der Waals surface area contributed by atoms with Crippen LogP contribution < -0.4 is 5.49 Å². The van der Waals surface area contributed by atoms with E-state index in [1.807, 2.05) is 43.9 Å². The van der Waals surface area contributed by atoms with Crippen molar-refractivity contribution in [1.29, 1.82) is 5.41 Å². The van der Waals surface area contributed by atoms with Crippen LogP contribution in [0.5, 0.6) is 0 Å². The third-order valence-electron chi connectivity index (χ3n) is 5.57. The minimum Gasteiger partial charge on any atom is -0.342 e. The molecule has 0 saturated carbocycles. The Morgan fingerprint density at radius 2 is 2.07 bits per heavy atom. The summed E-state index contributed by atoms with van der Waals surface area (Å²) in [7, 11) is 0. The Labute approximate surface area is 184 Å². The van der Waals surface area contributed by atoms with Gasteiger partial charge in [-0.1, -0.05) is 36.4 Å². The van der Waals surface area contributed by atoms with Crippen molar-refractivity contribution in [2.45, 2.75) is 50.4 Å². The predicted octanol–water partition coefficient (Wildman–Crippen LogP) is 3.99. The van der Waals surface area contributed by atoms with E-state index in [2.05, 4.69) is 10.2 Å². The van der Waals surface area contributed by atoms with Crippen LogP contribution in [-0.4, -0.2) is 48.9 Å². The molecule has 30 heavy (non-hydrogen) atoms. The van der Waals surface area contributed by atoms with Crippen LogP contribution in [-0.2, 0) is 4.79 Å². The highest BCUT2D eigenvalue weighted by Gasteiger charge is 2.28. The maximum atomic E-state index is 13.1. The molecule has 3 heterocycles. The Balaban J connectivity index is 1.87. The Hall–Kier alpha value is -2.32. The van der Waals surface area contributed by atoms with Crippen molar-refractivity contribution in [3.63, 3.8) is 0 Å². The summed E-state index contributed by atoms with van der Waals surface area (Å²) in [6.07, 6.45) is 2.80. The summed E-state index contributed by atoms with van der Waals surface area (Å²) in [5.74, 6) is 0.140. The van der Waals surface area contributed by atoms with Crippen molar-refractivity contribution < 1.29 is 4.79 Å². The molecule has 0 bridgehead atoms. The molecular formula is C21H25ClN6OS. The van der Waals surface area contributed by atoms with Crippen LogP contribution in [0.2, 0.25) is 5.02 Å². The molecule has 1 aromatic carbocycles. The quantitative estimate of drug-likeness (QED) is 0.459. The first kappa shape index (κ1) is 20.9. The number of fused-ring (bicyclic) bond motifs is 1. The second kappa shape index (κ2) is 8.43. The highest BCUT2D eigenvalue weighted by Crippen LogP contribution is 2.31. The normalized spacial score (nSPS) is 15.1. The number of carbonyl (C=O) groups is 1. The summed E-state index contributed by atoms with van der Waals surface area (Å²) in [6.45, 7) is 7.45. The lowest BCUT2D eigenvalue weighted by Crippen LogP contribution is -2.36. The van der Waals surface area contributed by atoms with E-state index in [4.69, 9.17) is 22.0 Å². The Bertz CT molecular complexity index is 1160. The van der Waals surface area contributed by atoms with Gasteiger partial charge in [-0.2, -0.15) is 5.10 Å². The number of thioether (sulfide) groups is 1. The smallest absolute Gasteiger partial charge is 0.236 e. The van der Waals surface area contributed by atoms with E-state index in [9.17, 15) is 4.79 Å². The number of aromatic nitrogens is 4. The molecule has 9 heteroatoms. The zero-order chi connectivity index (χ0) is 21.4. The fraction of sp³-hybridized carbons (Fsp3) is 0.429. The number of carbonyl (C=O) groups excluding carboxylic acids is 1. The van der Waals surface area contributed by atoms with E-state index in [0.29, 0.717) is 27.6 Å². The number of benzene rings is 1. The molecular weight excluding hydrogens is 420 g/mol. The number of nitrogens with one attached hydrogen (secondary N) is 2. The third-order valence-corrected chi connectivity index (χ3v) is 7.29. The standard InChI is InChI=1S/C21H25ClN6OS/c1-4-16(20(29)27-10-5-6-11-27)30-21-24-19-17(13(3)25-26-19)18(23)28(21)15-9-7-8-14(22)12(15)2/h7-9,16,23H,4-6,10-11H2,1-3H3,(H,25,26)/t16-/m1/s1. The van der Waals surface area contributed by atoms with Gasteiger partial charge in [-0.3, -0.25) is 19.9 Å². The van der Waals surface area contributed by atoms with Gasteiger partial charge in [-0.15, -0.1) is 0 Å². The van der Waals surface area contributed by atoms with E-state index < -0.39 is 0 Å². The lowest BCUT2D eigenvalue weighted by molar-refractivity contribution is -0.129. The van der Waals surface area contributed by atoms with Gasteiger partial charge in [0, 0.05) is 23.8 Å². The maximum absolute atomic E-state index is 13.1. The molecule has 0 radical (unpaired) electrons. The second-order valence-corrected chi connectivity index (χ2v) is 9.13. The molecule has 0 unspecified atom stereocenters. The van der Waals surface area contributed by atoms with Crippen LogP contribution in [0, 0.1) is 19.3 Å². The number of halogens is 1. The number of nitrogens with zero attached hydrogens (tertiary/aromatic N) is 4. The van der Waals surface area contributed by atoms with E-state index in [1.54, 1.807) is 4.57 Å². The lowest BCUT2D eigenvalue weighted by Gasteiger charge is -2.23. The van der Waals surface area contributed by atoms with Gasteiger partial charge in [0.15, 0.2) is 10.8 Å². The van der Waals surface area contributed by atoms with Gasteiger partial charge < -0.3 is 4.90 Å². The van der Waals surface area contributed by atoms with Crippen molar-refractivity contribution in [1.82, 2.24) is 24.6 Å². The first-order valence-corrected chi connectivity index (χ1v) is 11.4. The summed E-state index contributed by atoms with van der Waals surface area (Å²) < 4.78 is 1.79. The predicted molar refractivity (Wildman–Crippen MR) is 119 cm³/mol. The van der Waals surface area contributed by atoms with Crippen LogP contribution >= 0.6 is 23.4 Å². The van der Waals surface area contributed by atoms with Crippen molar-refractivity contribution in [3.8, 4) is 5.69 Å². The summed E-state index contributed by atoms with van der Waals surface area (Å²) >= 11 is 7.79. The number of likely N-dealkylation sites (tertiary alicyclic amines) is 1. The highest BCUT2D eigenvalue weighted by atomic mass is 35.5. The van der Waals surface area contributed by atoms with Crippen LogP contribution in [0.1, 0.15) is 37.4 Å². The average Bonchev–Trinajstić information content (AvgIpc) is 3.39. The minimum absolute atomic E-state index is 0.140. The molecule has 0 aliphatic carbocycles. The first-order valence-electron chi connectivity index (χ1n) is 10.2. The number of rotatable bonds is 5. The first-order chi connectivity index (χ1) is 14.4. The number of aromatic amines is 1. The summed E-state index contributed by atoms with van der Waals surface area (Å²) in [6, 6.07) is 5.62.